The number of hydrogen-bond acceptors (Lipinski definition) is 5. The molecule has 0 radical (unpaired) electrons. The van der Waals surface area contributed by atoms with E-state index in [2.05, 4.69) is 23.0 Å². The molecule has 6 heteroatoms. The largest absolute Gasteiger partial charge is 0.487 e. The molecule has 5 rings (SSSR count). The Morgan fingerprint density at radius 3 is 2.87 bits per heavy atom. The van der Waals surface area contributed by atoms with Gasteiger partial charge in [0.25, 0.3) is 0 Å². The van der Waals surface area contributed by atoms with Crippen molar-refractivity contribution >= 4 is 11.0 Å². The normalized spacial score (nSPS) is 21.3. The molecule has 0 amide bonds. The van der Waals surface area contributed by atoms with Gasteiger partial charge >= 0.3 is 0 Å². The Morgan fingerprint density at radius 1 is 1.17 bits per heavy atom. The standard InChI is InChI=1S/C24H27FN2O3/c1-17-24(28-16-18-5-2-3-7-22(18)29-17)10-13-27(14-11-24)12-4-6-21-20-9-8-19(25)15-23(20)30-26-21/h2-3,5,7-9,15,17H,4,6,10-14,16H2,1H3. The molecule has 3 heterocycles. The molecule has 158 valence electrons. The van der Waals surface area contributed by atoms with E-state index in [1.807, 2.05) is 18.2 Å². The zero-order valence-electron chi connectivity index (χ0n) is 17.3. The van der Waals surface area contributed by atoms with Crippen molar-refractivity contribution in [3.8, 4) is 5.75 Å². The molecule has 0 bridgehead atoms. The molecule has 0 N–H and O–H groups in total. The minimum atomic E-state index is -0.297. The fraction of sp³-hybridized carbons (Fsp3) is 0.458. The van der Waals surface area contributed by atoms with Crippen LogP contribution in [-0.4, -0.2) is 41.4 Å². The van der Waals surface area contributed by atoms with Crippen LogP contribution in [0, 0.1) is 5.82 Å². The summed E-state index contributed by atoms with van der Waals surface area (Å²) in [7, 11) is 0. The van der Waals surface area contributed by atoms with Crippen molar-refractivity contribution in [2.24, 2.45) is 0 Å². The highest BCUT2D eigenvalue weighted by atomic mass is 19.1. The van der Waals surface area contributed by atoms with Gasteiger partial charge in [0.05, 0.1) is 12.3 Å². The first-order chi connectivity index (χ1) is 14.6. The van der Waals surface area contributed by atoms with Crippen LogP contribution in [-0.2, 0) is 17.8 Å². The van der Waals surface area contributed by atoms with E-state index in [1.165, 1.54) is 12.1 Å². The van der Waals surface area contributed by atoms with E-state index < -0.39 is 0 Å². The summed E-state index contributed by atoms with van der Waals surface area (Å²) in [5, 5.41) is 5.04. The minimum Gasteiger partial charge on any atom is -0.487 e. The van der Waals surface area contributed by atoms with Gasteiger partial charge in [-0.15, -0.1) is 0 Å². The van der Waals surface area contributed by atoms with Crippen molar-refractivity contribution in [2.45, 2.75) is 50.9 Å². The Labute approximate surface area is 175 Å². The van der Waals surface area contributed by atoms with Crippen molar-refractivity contribution < 1.29 is 18.4 Å². The number of ether oxygens (including phenoxy) is 2. The van der Waals surface area contributed by atoms with Gasteiger partial charge < -0.3 is 18.9 Å². The zero-order chi connectivity index (χ0) is 20.6. The molecular formula is C24H27FN2O3. The highest BCUT2D eigenvalue weighted by Gasteiger charge is 2.43. The fourth-order valence-corrected chi connectivity index (χ4v) is 4.69. The lowest BCUT2D eigenvalue weighted by molar-refractivity contribution is -0.136. The number of halogens is 1. The van der Waals surface area contributed by atoms with Crippen LogP contribution in [0.25, 0.3) is 11.0 Å². The fourth-order valence-electron chi connectivity index (χ4n) is 4.69. The highest BCUT2D eigenvalue weighted by Crippen LogP contribution is 2.37. The summed E-state index contributed by atoms with van der Waals surface area (Å²) in [6.07, 6.45) is 3.78. The minimum absolute atomic E-state index is 0.0326. The van der Waals surface area contributed by atoms with Crippen LogP contribution in [0.2, 0.25) is 0 Å². The number of nitrogens with zero attached hydrogens (tertiary/aromatic N) is 2. The molecular weight excluding hydrogens is 383 g/mol. The van der Waals surface area contributed by atoms with Crippen LogP contribution in [0.1, 0.15) is 37.4 Å². The van der Waals surface area contributed by atoms with Gasteiger partial charge in [0.15, 0.2) is 5.58 Å². The van der Waals surface area contributed by atoms with Crippen molar-refractivity contribution in [1.82, 2.24) is 10.1 Å². The lowest BCUT2D eigenvalue weighted by Gasteiger charge is -2.43. The summed E-state index contributed by atoms with van der Waals surface area (Å²) in [6, 6.07) is 12.8. The van der Waals surface area contributed by atoms with Crippen molar-refractivity contribution in [1.29, 1.82) is 0 Å². The number of piperidine rings is 1. The Kier molecular flexibility index (Phi) is 5.21. The summed E-state index contributed by atoms with van der Waals surface area (Å²) in [4.78, 5) is 2.49. The average Bonchev–Trinajstić information content (AvgIpc) is 3.10. The number of rotatable bonds is 4. The topological polar surface area (TPSA) is 47.7 Å². The number of aromatic nitrogens is 1. The second-order valence-corrected chi connectivity index (χ2v) is 8.44. The lowest BCUT2D eigenvalue weighted by atomic mass is 9.86. The SMILES string of the molecule is CC1Oc2ccccc2COC12CCN(CCCc1noc3cc(F)ccc13)CC2. The third-order valence-corrected chi connectivity index (χ3v) is 6.63. The maximum Gasteiger partial charge on any atom is 0.170 e. The third-order valence-electron chi connectivity index (χ3n) is 6.63. The van der Waals surface area contributed by atoms with Crippen molar-refractivity contribution in [3.63, 3.8) is 0 Å². The van der Waals surface area contributed by atoms with E-state index in [1.54, 1.807) is 6.07 Å². The summed E-state index contributed by atoms with van der Waals surface area (Å²) in [5.74, 6) is 0.651. The van der Waals surface area contributed by atoms with E-state index in [0.29, 0.717) is 12.2 Å². The van der Waals surface area contributed by atoms with Crippen molar-refractivity contribution in [2.75, 3.05) is 19.6 Å². The summed E-state index contributed by atoms with van der Waals surface area (Å²) in [5.41, 5.74) is 2.33. The average molecular weight is 410 g/mol. The number of hydrogen-bond donors (Lipinski definition) is 0. The zero-order valence-corrected chi connectivity index (χ0v) is 17.3. The second-order valence-electron chi connectivity index (χ2n) is 8.44. The molecule has 1 saturated heterocycles. The number of aryl methyl sites for hydroxylation is 1. The van der Waals surface area contributed by atoms with Crippen LogP contribution in [0.15, 0.2) is 47.0 Å². The van der Waals surface area contributed by atoms with Crippen LogP contribution >= 0.6 is 0 Å². The first kappa shape index (κ1) is 19.5. The van der Waals surface area contributed by atoms with Crippen LogP contribution in [0.4, 0.5) is 4.39 Å². The number of likely N-dealkylation sites (tertiary alicyclic amines) is 1. The Bertz CT molecular complexity index is 1030. The molecule has 1 unspecified atom stereocenters. The first-order valence-corrected chi connectivity index (χ1v) is 10.8. The predicted octanol–water partition coefficient (Wildman–Crippen LogP) is 4.73. The van der Waals surface area contributed by atoms with Crippen LogP contribution < -0.4 is 4.74 Å². The maximum atomic E-state index is 13.3. The molecule has 2 aliphatic heterocycles. The molecule has 1 atom stereocenters. The molecule has 2 aliphatic rings. The van der Waals surface area contributed by atoms with Gasteiger partial charge in [0.1, 0.15) is 23.3 Å². The van der Waals surface area contributed by atoms with Gasteiger partial charge in [-0.1, -0.05) is 23.4 Å². The number of fused-ring (bicyclic) bond motifs is 2. The quantitative estimate of drug-likeness (QED) is 0.622. The first-order valence-electron chi connectivity index (χ1n) is 10.8. The molecule has 2 aromatic carbocycles. The summed E-state index contributed by atoms with van der Waals surface area (Å²) >= 11 is 0. The van der Waals surface area contributed by atoms with E-state index in [4.69, 9.17) is 14.0 Å². The Balaban J connectivity index is 1.15. The molecule has 1 aromatic heterocycles. The van der Waals surface area contributed by atoms with Gasteiger partial charge in [-0.3, -0.25) is 0 Å². The Hall–Kier alpha value is -2.44. The van der Waals surface area contributed by atoms with Gasteiger partial charge in [-0.2, -0.15) is 0 Å². The molecule has 0 aliphatic carbocycles. The van der Waals surface area contributed by atoms with Crippen molar-refractivity contribution in [3.05, 3.63) is 59.5 Å². The van der Waals surface area contributed by atoms with Crippen LogP contribution in [0.5, 0.6) is 5.75 Å². The third kappa shape index (κ3) is 3.70. The smallest absolute Gasteiger partial charge is 0.170 e. The molecule has 1 spiro atoms. The maximum absolute atomic E-state index is 13.3. The Morgan fingerprint density at radius 2 is 2.00 bits per heavy atom. The van der Waals surface area contributed by atoms with Gasteiger partial charge in [0, 0.05) is 30.1 Å². The molecule has 30 heavy (non-hydrogen) atoms. The number of para-hydroxylation sites is 1. The predicted molar refractivity (Wildman–Crippen MR) is 112 cm³/mol. The molecule has 3 aromatic rings. The van der Waals surface area contributed by atoms with Gasteiger partial charge in [-0.25, -0.2) is 4.39 Å². The number of benzene rings is 2. The van der Waals surface area contributed by atoms with E-state index >= 15 is 0 Å². The monoisotopic (exact) mass is 410 g/mol. The lowest BCUT2D eigenvalue weighted by Crippen LogP contribution is -2.53. The highest BCUT2D eigenvalue weighted by molar-refractivity contribution is 5.79. The molecule has 0 saturated carbocycles. The van der Waals surface area contributed by atoms with E-state index in [-0.39, 0.29) is 17.5 Å². The second kappa shape index (κ2) is 8.00. The molecule has 5 nitrogen and oxygen atoms in total. The van der Waals surface area contributed by atoms with Gasteiger partial charge in [-0.05, 0) is 57.4 Å². The van der Waals surface area contributed by atoms with E-state index in [9.17, 15) is 4.39 Å². The molecule has 1 fully saturated rings. The van der Waals surface area contributed by atoms with Crippen LogP contribution in [0.3, 0.4) is 0 Å². The van der Waals surface area contributed by atoms with E-state index in [0.717, 1.165) is 67.7 Å². The van der Waals surface area contributed by atoms with Gasteiger partial charge in [0.2, 0.25) is 0 Å². The summed E-state index contributed by atoms with van der Waals surface area (Å²) in [6.45, 7) is 5.74. The summed E-state index contributed by atoms with van der Waals surface area (Å²) < 4.78 is 31.3.